The Morgan fingerprint density at radius 3 is 2.95 bits per heavy atom. The fourth-order valence-corrected chi connectivity index (χ4v) is 2.40. The van der Waals surface area contributed by atoms with Crippen LogP contribution in [-0.2, 0) is 6.54 Å². The zero-order valence-electron chi connectivity index (χ0n) is 11.2. The summed E-state index contributed by atoms with van der Waals surface area (Å²) in [5.74, 6) is 0. The van der Waals surface area contributed by atoms with Crippen molar-refractivity contribution in [1.29, 1.82) is 0 Å². The van der Waals surface area contributed by atoms with Crippen molar-refractivity contribution in [2.45, 2.75) is 25.4 Å². The second-order valence-corrected chi connectivity index (χ2v) is 5.26. The highest BCUT2D eigenvalue weighted by Crippen LogP contribution is 2.21. The van der Waals surface area contributed by atoms with E-state index in [1.165, 1.54) is 12.8 Å². The van der Waals surface area contributed by atoms with Gasteiger partial charge in [-0.05, 0) is 31.0 Å². The van der Waals surface area contributed by atoms with Crippen LogP contribution in [-0.4, -0.2) is 20.8 Å². The van der Waals surface area contributed by atoms with E-state index < -0.39 is 0 Å². The van der Waals surface area contributed by atoms with Crippen molar-refractivity contribution in [2.75, 3.05) is 0 Å². The minimum atomic E-state index is 0.708. The summed E-state index contributed by atoms with van der Waals surface area (Å²) in [6.07, 6.45) is 6.43. The average molecular weight is 264 g/mol. The molecule has 0 radical (unpaired) electrons. The van der Waals surface area contributed by atoms with Crippen LogP contribution < -0.4 is 5.32 Å². The smallest absolute Gasteiger partial charge is 0.0958 e. The van der Waals surface area contributed by atoms with Crippen molar-refractivity contribution in [2.24, 2.45) is 0 Å². The lowest BCUT2D eigenvalue weighted by atomic mass is 10.2. The Kier molecular flexibility index (Phi) is 2.74. The molecular weight excluding hydrogens is 248 g/mol. The molecule has 1 fully saturated rings. The Bertz CT molecular complexity index is 738. The van der Waals surface area contributed by atoms with Gasteiger partial charge in [0.25, 0.3) is 0 Å². The molecule has 0 bridgehead atoms. The molecule has 0 atom stereocenters. The van der Waals surface area contributed by atoms with Gasteiger partial charge in [-0.2, -0.15) is 5.10 Å². The summed E-state index contributed by atoms with van der Waals surface area (Å²) in [6.45, 7) is 0.843. The molecule has 1 aromatic carbocycles. The van der Waals surface area contributed by atoms with E-state index >= 15 is 0 Å². The van der Waals surface area contributed by atoms with E-state index in [0.717, 1.165) is 28.8 Å². The molecule has 4 heteroatoms. The van der Waals surface area contributed by atoms with Gasteiger partial charge in [0, 0.05) is 30.4 Å². The fraction of sp³-hybridized carbons (Fsp3) is 0.250. The van der Waals surface area contributed by atoms with Crippen LogP contribution in [0.4, 0.5) is 0 Å². The van der Waals surface area contributed by atoms with Crippen LogP contribution in [0, 0.1) is 0 Å². The van der Waals surface area contributed by atoms with E-state index in [4.69, 9.17) is 0 Å². The molecular formula is C16H16N4. The molecule has 1 aliphatic carbocycles. The first-order valence-electron chi connectivity index (χ1n) is 7.02. The van der Waals surface area contributed by atoms with Crippen LogP contribution in [0.5, 0.6) is 0 Å². The van der Waals surface area contributed by atoms with Crippen molar-refractivity contribution in [3.05, 3.63) is 54.5 Å². The first-order valence-corrected chi connectivity index (χ1v) is 7.02. The number of nitrogens with one attached hydrogen (secondary N) is 1. The molecule has 1 saturated carbocycles. The molecule has 4 rings (SSSR count). The summed E-state index contributed by atoms with van der Waals surface area (Å²) >= 11 is 0. The van der Waals surface area contributed by atoms with Crippen molar-refractivity contribution in [1.82, 2.24) is 20.1 Å². The van der Waals surface area contributed by atoms with E-state index in [1.54, 1.807) is 0 Å². The number of para-hydroxylation sites is 1. The average Bonchev–Trinajstić information content (AvgIpc) is 3.21. The van der Waals surface area contributed by atoms with Crippen molar-refractivity contribution in [3.8, 4) is 5.69 Å². The van der Waals surface area contributed by atoms with Gasteiger partial charge in [0.2, 0.25) is 0 Å². The quantitative estimate of drug-likeness (QED) is 0.788. The molecule has 0 unspecified atom stereocenters. The van der Waals surface area contributed by atoms with Gasteiger partial charge in [0.15, 0.2) is 0 Å². The molecule has 2 heterocycles. The molecule has 0 spiro atoms. The fourth-order valence-electron chi connectivity index (χ4n) is 2.40. The highest BCUT2D eigenvalue weighted by Gasteiger charge is 2.20. The lowest BCUT2D eigenvalue weighted by molar-refractivity contribution is 0.665. The third kappa shape index (κ3) is 2.18. The molecule has 100 valence electrons. The maximum atomic E-state index is 4.64. The topological polar surface area (TPSA) is 42.7 Å². The first kappa shape index (κ1) is 11.6. The maximum absolute atomic E-state index is 4.64. The van der Waals surface area contributed by atoms with Crippen LogP contribution in [0.25, 0.3) is 16.6 Å². The molecule has 0 aliphatic heterocycles. The SMILES string of the molecule is c1cnc2c(-n3ccc(CNC4CC4)n3)cccc2c1. The van der Waals surface area contributed by atoms with Gasteiger partial charge in [0.1, 0.15) is 0 Å². The second kappa shape index (κ2) is 4.72. The molecule has 1 aliphatic rings. The Morgan fingerprint density at radius 1 is 1.15 bits per heavy atom. The first-order chi connectivity index (χ1) is 9.90. The molecule has 0 amide bonds. The predicted octanol–water partition coefficient (Wildman–Crippen LogP) is 2.67. The molecule has 4 nitrogen and oxygen atoms in total. The zero-order chi connectivity index (χ0) is 13.4. The Morgan fingerprint density at radius 2 is 2.05 bits per heavy atom. The summed E-state index contributed by atoms with van der Waals surface area (Å²) in [4.78, 5) is 4.47. The highest BCUT2D eigenvalue weighted by atomic mass is 15.3. The van der Waals surface area contributed by atoms with Gasteiger partial charge >= 0.3 is 0 Å². The van der Waals surface area contributed by atoms with E-state index in [9.17, 15) is 0 Å². The summed E-state index contributed by atoms with van der Waals surface area (Å²) < 4.78 is 1.92. The minimum Gasteiger partial charge on any atom is -0.308 e. The Labute approximate surface area is 117 Å². The van der Waals surface area contributed by atoms with E-state index in [-0.39, 0.29) is 0 Å². The zero-order valence-corrected chi connectivity index (χ0v) is 11.2. The number of aromatic nitrogens is 3. The van der Waals surface area contributed by atoms with Crippen molar-refractivity contribution >= 4 is 10.9 Å². The summed E-state index contributed by atoms with van der Waals surface area (Å²) in [6, 6.07) is 13.0. The monoisotopic (exact) mass is 264 g/mol. The normalized spacial score (nSPS) is 14.8. The Balaban J connectivity index is 1.67. The predicted molar refractivity (Wildman–Crippen MR) is 78.7 cm³/mol. The molecule has 2 aromatic heterocycles. The number of rotatable bonds is 4. The van der Waals surface area contributed by atoms with Gasteiger partial charge in [0.05, 0.1) is 16.9 Å². The number of pyridine rings is 1. The van der Waals surface area contributed by atoms with Gasteiger partial charge in [-0.25, -0.2) is 4.68 Å². The van der Waals surface area contributed by atoms with Crippen LogP contribution in [0.2, 0.25) is 0 Å². The lowest BCUT2D eigenvalue weighted by Gasteiger charge is -2.05. The van der Waals surface area contributed by atoms with E-state index in [2.05, 4.69) is 39.7 Å². The summed E-state index contributed by atoms with van der Waals surface area (Å²) in [5, 5.41) is 9.27. The van der Waals surface area contributed by atoms with E-state index in [0.29, 0.717) is 6.04 Å². The standard InChI is InChI=1S/C16H16N4/c1-3-12-4-2-9-17-16(12)15(5-1)20-10-8-14(19-20)11-18-13-6-7-13/h1-5,8-10,13,18H,6-7,11H2. The van der Waals surface area contributed by atoms with Gasteiger partial charge in [-0.1, -0.05) is 18.2 Å². The highest BCUT2D eigenvalue weighted by molar-refractivity contribution is 5.86. The number of hydrogen-bond donors (Lipinski definition) is 1. The number of nitrogens with zero attached hydrogens (tertiary/aromatic N) is 3. The summed E-state index contributed by atoms with van der Waals surface area (Å²) in [7, 11) is 0. The summed E-state index contributed by atoms with van der Waals surface area (Å²) in [5.41, 5.74) is 3.09. The van der Waals surface area contributed by atoms with Crippen molar-refractivity contribution in [3.63, 3.8) is 0 Å². The third-order valence-corrected chi connectivity index (χ3v) is 3.65. The third-order valence-electron chi connectivity index (χ3n) is 3.65. The largest absolute Gasteiger partial charge is 0.308 e. The number of hydrogen-bond acceptors (Lipinski definition) is 3. The van der Waals surface area contributed by atoms with Gasteiger partial charge in [-0.15, -0.1) is 0 Å². The van der Waals surface area contributed by atoms with Gasteiger partial charge in [-0.3, -0.25) is 4.98 Å². The van der Waals surface area contributed by atoms with Crippen LogP contribution in [0.3, 0.4) is 0 Å². The Hall–Kier alpha value is -2.20. The van der Waals surface area contributed by atoms with Crippen molar-refractivity contribution < 1.29 is 0 Å². The minimum absolute atomic E-state index is 0.708. The van der Waals surface area contributed by atoms with Crippen LogP contribution in [0.15, 0.2) is 48.8 Å². The molecule has 0 saturated heterocycles. The maximum Gasteiger partial charge on any atom is 0.0958 e. The second-order valence-electron chi connectivity index (χ2n) is 5.26. The number of fused-ring (bicyclic) bond motifs is 1. The molecule has 1 N–H and O–H groups in total. The van der Waals surface area contributed by atoms with Gasteiger partial charge < -0.3 is 5.32 Å². The number of benzene rings is 1. The lowest BCUT2D eigenvalue weighted by Crippen LogP contribution is -2.15. The van der Waals surface area contributed by atoms with Crippen LogP contribution in [0.1, 0.15) is 18.5 Å². The molecule has 3 aromatic rings. The van der Waals surface area contributed by atoms with Crippen LogP contribution >= 0.6 is 0 Å². The van der Waals surface area contributed by atoms with E-state index in [1.807, 2.05) is 29.2 Å². The molecule has 20 heavy (non-hydrogen) atoms.